The van der Waals surface area contributed by atoms with Crippen LogP contribution in [0.15, 0.2) is 73.3 Å². The number of hydrogen-bond donors (Lipinski definition) is 1. The van der Waals surface area contributed by atoms with E-state index >= 15 is 0 Å². The topological polar surface area (TPSA) is 64.6 Å². The molecule has 2 aromatic rings. The zero-order valence-corrected chi connectivity index (χ0v) is 13.9. The van der Waals surface area contributed by atoms with Crippen molar-refractivity contribution in [2.75, 3.05) is 0 Å². The van der Waals surface area contributed by atoms with E-state index in [9.17, 15) is 9.59 Å². The van der Waals surface area contributed by atoms with Gasteiger partial charge in [0.25, 0.3) is 0 Å². The quantitative estimate of drug-likeness (QED) is 0.589. The molecule has 25 heavy (non-hydrogen) atoms. The summed E-state index contributed by atoms with van der Waals surface area (Å²) in [4.78, 5) is 24.1. The van der Waals surface area contributed by atoms with E-state index in [1.165, 1.54) is 0 Å². The maximum atomic E-state index is 12.2. The molecule has 0 heterocycles. The molecule has 5 heteroatoms. The van der Waals surface area contributed by atoms with Crippen molar-refractivity contribution in [2.45, 2.75) is 25.7 Å². The second kappa shape index (κ2) is 9.93. The minimum atomic E-state index is -0.829. The van der Waals surface area contributed by atoms with Crippen LogP contribution >= 0.6 is 0 Å². The van der Waals surface area contributed by atoms with Crippen LogP contribution in [0, 0.1) is 0 Å². The molecule has 0 saturated heterocycles. The molecule has 0 aromatic heterocycles. The number of nitrogens with one attached hydrogen (secondary N) is 1. The number of esters is 1. The van der Waals surface area contributed by atoms with Gasteiger partial charge in [-0.1, -0.05) is 66.7 Å². The van der Waals surface area contributed by atoms with Crippen molar-refractivity contribution in [2.24, 2.45) is 0 Å². The average Bonchev–Trinajstić information content (AvgIpc) is 2.66. The number of rotatable bonds is 8. The van der Waals surface area contributed by atoms with Crippen molar-refractivity contribution in [1.29, 1.82) is 0 Å². The number of ether oxygens (including phenoxy) is 2. The number of carbonyl (C=O) groups excluding carboxylic acids is 2. The highest BCUT2D eigenvalue weighted by Gasteiger charge is 2.21. The molecule has 130 valence electrons. The summed E-state index contributed by atoms with van der Waals surface area (Å²) >= 11 is 0. The molecule has 1 amide bonds. The molecule has 0 unspecified atom stereocenters. The van der Waals surface area contributed by atoms with E-state index in [1.54, 1.807) is 6.08 Å². The Hall–Kier alpha value is -3.08. The predicted molar refractivity (Wildman–Crippen MR) is 94.6 cm³/mol. The molecule has 2 aromatic carbocycles. The summed E-state index contributed by atoms with van der Waals surface area (Å²) in [6.07, 6.45) is 1.13. The van der Waals surface area contributed by atoms with Crippen molar-refractivity contribution in [3.8, 4) is 0 Å². The Morgan fingerprint density at radius 1 is 0.920 bits per heavy atom. The van der Waals surface area contributed by atoms with Gasteiger partial charge < -0.3 is 14.8 Å². The zero-order chi connectivity index (χ0) is 17.9. The van der Waals surface area contributed by atoms with Gasteiger partial charge in [-0.3, -0.25) is 0 Å². The van der Waals surface area contributed by atoms with E-state index in [0.29, 0.717) is 0 Å². The lowest BCUT2D eigenvalue weighted by Crippen LogP contribution is -2.41. The molecule has 1 N–H and O–H groups in total. The monoisotopic (exact) mass is 339 g/mol. The van der Waals surface area contributed by atoms with Crippen LogP contribution in [0.2, 0.25) is 0 Å². The molecule has 0 saturated carbocycles. The van der Waals surface area contributed by atoms with Gasteiger partial charge >= 0.3 is 12.1 Å². The SMILES string of the molecule is C=CC[C@H](NC(=O)OCc1ccccc1)C(=O)OCc1ccccc1. The normalized spacial score (nSPS) is 11.2. The Balaban J connectivity index is 1.82. The lowest BCUT2D eigenvalue weighted by molar-refractivity contribution is -0.147. The number of alkyl carbamates (subject to hydrolysis) is 1. The molecule has 0 fully saturated rings. The van der Waals surface area contributed by atoms with E-state index in [0.717, 1.165) is 11.1 Å². The van der Waals surface area contributed by atoms with E-state index in [4.69, 9.17) is 9.47 Å². The van der Waals surface area contributed by atoms with E-state index in [-0.39, 0.29) is 19.6 Å². The Morgan fingerprint density at radius 2 is 1.44 bits per heavy atom. The number of benzene rings is 2. The van der Waals surface area contributed by atoms with Gasteiger partial charge in [-0.25, -0.2) is 9.59 Å². The second-order valence-corrected chi connectivity index (χ2v) is 5.38. The van der Waals surface area contributed by atoms with Crippen molar-refractivity contribution in [3.05, 3.63) is 84.4 Å². The highest BCUT2D eigenvalue weighted by molar-refractivity contribution is 5.81. The van der Waals surface area contributed by atoms with Crippen LogP contribution in [0.4, 0.5) is 4.79 Å². The van der Waals surface area contributed by atoms with E-state index in [1.807, 2.05) is 60.7 Å². The standard InChI is InChI=1S/C20H21NO4/c1-2-9-18(19(22)24-14-16-10-5-3-6-11-16)21-20(23)25-15-17-12-7-4-8-13-17/h2-8,10-13,18H,1,9,14-15H2,(H,21,23)/t18-/m0/s1. The lowest BCUT2D eigenvalue weighted by atomic mass is 10.2. The first kappa shape index (κ1) is 18.3. The Labute approximate surface area is 147 Å². The van der Waals surface area contributed by atoms with Crippen molar-refractivity contribution >= 4 is 12.1 Å². The van der Waals surface area contributed by atoms with Crippen LogP contribution in [-0.2, 0) is 27.5 Å². The molecule has 0 radical (unpaired) electrons. The van der Waals surface area contributed by atoms with Gasteiger partial charge in [-0.2, -0.15) is 0 Å². The van der Waals surface area contributed by atoms with Gasteiger partial charge in [0.15, 0.2) is 0 Å². The summed E-state index contributed by atoms with van der Waals surface area (Å²) in [7, 11) is 0. The van der Waals surface area contributed by atoms with Crippen LogP contribution < -0.4 is 5.32 Å². The predicted octanol–water partition coefficient (Wildman–Crippen LogP) is 3.60. The molecule has 0 spiro atoms. The number of carbonyl (C=O) groups is 2. The fraction of sp³-hybridized carbons (Fsp3) is 0.200. The largest absolute Gasteiger partial charge is 0.459 e. The van der Waals surface area contributed by atoms with Gasteiger partial charge in [0.05, 0.1) is 0 Å². The average molecular weight is 339 g/mol. The zero-order valence-electron chi connectivity index (χ0n) is 13.9. The molecule has 2 rings (SSSR count). The molecular weight excluding hydrogens is 318 g/mol. The maximum absolute atomic E-state index is 12.2. The third-order valence-corrected chi connectivity index (χ3v) is 3.42. The number of amides is 1. The Bertz CT molecular complexity index is 685. The molecule has 0 bridgehead atoms. The van der Waals surface area contributed by atoms with Crippen LogP contribution in [-0.4, -0.2) is 18.1 Å². The van der Waals surface area contributed by atoms with Crippen LogP contribution in [0.25, 0.3) is 0 Å². The first-order valence-electron chi connectivity index (χ1n) is 7.97. The molecule has 5 nitrogen and oxygen atoms in total. The van der Waals surface area contributed by atoms with Crippen molar-refractivity contribution in [1.82, 2.24) is 5.32 Å². The Kier molecular flexibility index (Phi) is 7.25. The number of hydrogen-bond acceptors (Lipinski definition) is 4. The molecule has 0 aliphatic rings. The van der Waals surface area contributed by atoms with Gasteiger partial charge in [0.2, 0.25) is 0 Å². The summed E-state index contributed by atoms with van der Waals surface area (Å²) in [6, 6.07) is 17.8. The van der Waals surface area contributed by atoms with Crippen molar-refractivity contribution in [3.63, 3.8) is 0 Å². The third kappa shape index (κ3) is 6.51. The second-order valence-electron chi connectivity index (χ2n) is 5.38. The Morgan fingerprint density at radius 3 is 1.96 bits per heavy atom. The van der Waals surface area contributed by atoms with Crippen LogP contribution in [0.1, 0.15) is 17.5 Å². The van der Waals surface area contributed by atoms with Crippen LogP contribution in [0.5, 0.6) is 0 Å². The minimum absolute atomic E-state index is 0.131. The first-order valence-corrected chi connectivity index (χ1v) is 7.97. The summed E-state index contributed by atoms with van der Waals surface area (Å²) in [6.45, 7) is 3.88. The van der Waals surface area contributed by atoms with Gasteiger partial charge in [-0.05, 0) is 17.5 Å². The van der Waals surface area contributed by atoms with Crippen LogP contribution in [0.3, 0.4) is 0 Å². The van der Waals surface area contributed by atoms with Gasteiger partial charge in [0, 0.05) is 0 Å². The van der Waals surface area contributed by atoms with E-state index < -0.39 is 18.1 Å². The summed E-state index contributed by atoms with van der Waals surface area (Å²) in [5, 5.41) is 2.52. The molecule has 1 atom stereocenters. The summed E-state index contributed by atoms with van der Waals surface area (Å²) in [5.41, 5.74) is 1.74. The van der Waals surface area contributed by atoms with Gasteiger partial charge in [-0.15, -0.1) is 6.58 Å². The van der Waals surface area contributed by atoms with E-state index in [2.05, 4.69) is 11.9 Å². The van der Waals surface area contributed by atoms with Crippen molar-refractivity contribution < 1.29 is 19.1 Å². The smallest absolute Gasteiger partial charge is 0.408 e. The maximum Gasteiger partial charge on any atom is 0.408 e. The highest BCUT2D eigenvalue weighted by atomic mass is 16.6. The molecular formula is C20H21NO4. The summed E-state index contributed by atoms with van der Waals surface area (Å²) in [5.74, 6) is -0.527. The first-order chi connectivity index (χ1) is 12.2. The fourth-order valence-electron chi connectivity index (χ4n) is 2.12. The lowest BCUT2D eigenvalue weighted by Gasteiger charge is -2.16. The highest BCUT2D eigenvalue weighted by Crippen LogP contribution is 2.05. The molecule has 0 aliphatic carbocycles. The van der Waals surface area contributed by atoms with Gasteiger partial charge in [0.1, 0.15) is 19.3 Å². The minimum Gasteiger partial charge on any atom is -0.459 e. The molecule has 0 aliphatic heterocycles. The fourth-order valence-corrected chi connectivity index (χ4v) is 2.12. The third-order valence-electron chi connectivity index (χ3n) is 3.42. The summed E-state index contributed by atoms with van der Waals surface area (Å²) < 4.78 is 10.4.